The lowest BCUT2D eigenvalue weighted by Crippen LogP contribution is -2.12. The summed E-state index contributed by atoms with van der Waals surface area (Å²) in [6.07, 6.45) is 1.64. The zero-order valence-corrected chi connectivity index (χ0v) is 13.1. The van der Waals surface area contributed by atoms with Gasteiger partial charge in [0.2, 0.25) is 0 Å². The van der Waals surface area contributed by atoms with Crippen LogP contribution in [0, 0.1) is 0 Å². The number of hydrogen-bond acceptors (Lipinski definition) is 4. The van der Waals surface area contributed by atoms with Crippen molar-refractivity contribution in [2.75, 3.05) is 6.61 Å². The molecule has 0 aliphatic rings. The van der Waals surface area contributed by atoms with E-state index in [9.17, 15) is 9.90 Å². The lowest BCUT2D eigenvalue weighted by Gasteiger charge is -2.17. The number of carbonyl (C=O) groups is 1. The Hall–Kier alpha value is -2.37. The Morgan fingerprint density at radius 2 is 1.95 bits per heavy atom. The number of ether oxygens (including phenoxy) is 1. The molecule has 6 heteroatoms. The van der Waals surface area contributed by atoms with E-state index in [1.165, 1.54) is 0 Å². The largest absolute Gasteiger partial charge is 0.492 e. The molecule has 0 saturated heterocycles. The van der Waals surface area contributed by atoms with Gasteiger partial charge in [0.25, 0.3) is 0 Å². The predicted molar refractivity (Wildman–Crippen MR) is 82.8 cm³/mol. The molecule has 1 aromatic carbocycles. The van der Waals surface area contributed by atoms with Crippen LogP contribution in [-0.2, 0) is 0 Å². The molecular formula is C16H21N3O3. The molecule has 0 unspecified atom stereocenters. The zero-order chi connectivity index (χ0) is 16.1. The molecule has 0 fully saturated rings. The summed E-state index contributed by atoms with van der Waals surface area (Å²) >= 11 is 0. The number of hydrogen-bond donors (Lipinski definition) is 1. The predicted octanol–water partition coefficient (Wildman–Crippen LogP) is 3.27. The van der Waals surface area contributed by atoms with Gasteiger partial charge in [0.15, 0.2) is 5.69 Å². The first-order valence-electron chi connectivity index (χ1n) is 7.55. The van der Waals surface area contributed by atoms with E-state index in [0.717, 1.165) is 12.8 Å². The Labute approximate surface area is 129 Å². The van der Waals surface area contributed by atoms with E-state index in [2.05, 4.69) is 10.3 Å². The van der Waals surface area contributed by atoms with Crippen molar-refractivity contribution in [2.45, 2.75) is 39.5 Å². The number of aromatic carboxylic acids is 1. The summed E-state index contributed by atoms with van der Waals surface area (Å²) in [6, 6.07) is 7.45. The SMILES string of the molecule is CCOc1ccccc1-n1nnc(C(=O)O)c1C(CC)CC. The molecule has 0 radical (unpaired) electrons. The second kappa shape index (κ2) is 7.06. The monoisotopic (exact) mass is 303 g/mol. The van der Waals surface area contributed by atoms with Crippen molar-refractivity contribution in [1.82, 2.24) is 15.0 Å². The summed E-state index contributed by atoms with van der Waals surface area (Å²) < 4.78 is 7.23. The molecule has 0 spiro atoms. The van der Waals surface area contributed by atoms with Gasteiger partial charge in [-0.05, 0) is 31.9 Å². The highest BCUT2D eigenvalue weighted by Crippen LogP contribution is 2.30. The Kier molecular flexibility index (Phi) is 5.14. The van der Waals surface area contributed by atoms with Crippen molar-refractivity contribution in [2.24, 2.45) is 0 Å². The summed E-state index contributed by atoms with van der Waals surface area (Å²) in [5.41, 5.74) is 1.36. The van der Waals surface area contributed by atoms with Crippen LogP contribution in [0.1, 0.15) is 55.7 Å². The van der Waals surface area contributed by atoms with E-state index in [0.29, 0.717) is 23.7 Å². The maximum Gasteiger partial charge on any atom is 0.358 e. The summed E-state index contributed by atoms with van der Waals surface area (Å²) in [5, 5.41) is 17.3. The molecule has 6 nitrogen and oxygen atoms in total. The number of para-hydroxylation sites is 2. The van der Waals surface area contributed by atoms with Crippen LogP contribution in [0.3, 0.4) is 0 Å². The van der Waals surface area contributed by atoms with Gasteiger partial charge < -0.3 is 9.84 Å². The third kappa shape index (κ3) is 2.95. The number of aromatic nitrogens is 3. The molecular weight excluding hydrogens is 282 g/mol. The third-order valence-corrected chi connectivity index (χ3v) is 3.67. The van der Waals surface area contributed by atoms with E-state index in [-0.39, 0.29) is 11.6 Å². The minimum atomic E-state index is -1.05. The Morgan fingerprint density at radius 3 is 2.55 bits per heavy atom. The zero-order valence-electron chi connectivity index (χ0n) is 13.1. The molecule has 0 aliphatic heterocycles. The third-order valence-electron chi connectivity index (χ3n) is 3.67. The fourth-order valence-corrected chi connectivity index (χ4v) is 2.57. The summed E-state index contributed by atoms with van der Waals surface area (Å²) in [4.78, 5) is 11.5. The van der Waals surface area contributed by atoms with Gasteiger partial charge >= 0.3 is 5.97 Å². The van der Waals surface area contributed by atoms with E-state index in [4.69, 9.17) is 4.74 Å². The minimum absolute atomic E-state index is 0.0139. The van der Waals surface area contributed by atoms with Gasteiger partial charge in [-0.15, -0.1) is 5.10 Å². The van der Waals surface area contributed by atoms with Crippen molar-refractivity contribution < 1.29 is 14.6 Å². The molecule has 2 rings (SSSR count). The van der Waals surface area contributed by atoms with Crippen LogP contribution in [0.4, 0.5) is 0 Å². The number of benzene rings is 1. The molecule has 2 aromatic rings. The quantitative estimate of drug-likeness (QED) is 0.849. The molecule has 0 saturated carbocycles. The topological polar surface area (TPSA) is 77.2 Å². The maximum atomic E-state index is 11.5. The first kappa shape index (κ1) is 16.0. The van der Waals surface area contributed by atoms with Gasteiger partial charge in [-0.2, -0.15) is 0 Å². The highest BCUT2D eigenvalue weighted by molar-refractivity contribution is 5.87. The van der Waals surface area contributed by atoms with E-state index >= 15 is 0 Å². The fourth-order valence-electron chi connectivity index (χ4n) is 2.57. The molecule has 0 bridgehead atoms. The van der Waals surface area contributed by atoms with Crippen molar-refractivity contribution >= 4 is 5.97 Å². The van der Waals surface area contributed by atoms with Crippen LogP contribution < -0.4 is 4.74 Å². The van der Waals surface area contributed by atoms with E-state index < -0.39 is 5.97 Å². The molecule has 118 valence electrons. The van der Waals surface area contributed by atoms with Crippen molar-refractivity contribution in [3.8, 4) is 11.4 Å². The molecule has 22 heavy (non-hydrogen) atoms. The Bertz CT molecular complexity index is 648. The Morgan fingerprint density at radius 1 is 1.27 bits per heavy atom. The van der Waals surface area contributed by atoms with Crippen LogP contribution in [-0.4, -0.2) is 32.7 Å². The first-order chi connectivity index (χ1) is 10.6. The van der Waals surface area contributed by atoms with Crippen molar-refractivity contribution in [1.29, 1.82) is 0 Å². The summed E-state index contributed by atoms with van der Waals surface area (Å²) in [6.45, 7) is 6.50. The van der Waals surface area contributed by atoms with Crippen LogP contribution in [0.25, 0.3) is 5.69 Å². The number of carboxylic acids is 1. The second-order valence-corrected chi connectivity index (χ2v) is 4.95. The molecule has 0 amide bonds. The molecule has 1 N–H and O–H groups in total. The average Bonchev–Trinajstić information content (AvgIpc) is 2.94. The van der Waals surface area contributed by atoms with Crippen LogP contribution in [0.2, 0.25) is 0 Å². The van der Waals surface area contributed by atoms with Gasteiger partial charge in [-0.25, -0.2) is 9.48 Å². The van der Waals surface area contributed by atoms with Crippen LogP contribution in [0.15, 0.2) is 24.3 Å². The van der Waals surface area contributed by atoms with Gasteiger partial charge in [-0.3, -0.25) is 0 Å². The lowest BCUT2D eigenvalue weighted by molar-refractivity contribution is 0.0688. The number of nitrogens with zero attached hydrogens (tertiary/aromatic N) is 3. The molecule has 1 heterocycles. The lowest BCUT2D eigenvalue weighted by atomic mass is 9.97. The minimum Gasteiger partial charge on any atom is -0.492 e. The standard InChI is InChI=1S/C16H21N3O3/c1-4-11(5-2)15-14(16(20)21)17-18-19(15)12-9-7-8-10-13(12)22-6-3/h7-11H,4-6H2,1-3H3,(H,20,21). The van der Waals surface area contributed by atoms with Gasteiger partial charge in [0.1, 0.15) is 11.4 Å². The molecule has 0 atom stereocenters. The molecule has 1 aromatic heterocycles. The maximum absolute atomic E-state index is 11.5. The van der Waals surface area contributed by atoms with Crippen LogP contribution in [0.5, 0.6) is 5.75 Å². The average molecular weight is 303 g/mol. The van der Waals surface area contributed by atoms with Gasteiger partial charge in [0, 0.05) is 5.92 Å². The molecule has 0 aliphatic carbocycles. The van der Waals surface area contributed by atoms with Crippen molar-refractivity contribution in [3.05, 3.63) is 35.7 Å². The smallest absolute Gasteiger partial charge is 0.358 e. The summed E-state index contributed by atoms with van der Waals surface area (Å²) in [5.74, 6) is -0.308. The van der Waals surface area contributed by atoms with Gasteiger partial charge in [0.05, 0.1) is 12.3 Å². The van der Waals surface area contributed by atoms with E-state index in [1.807, 2.05) is 45.0 Å². The number of rotatable bonds is 7. The fraction of sp³-hybridized carbons (Fsp3) is 0.438. The first-order valence-corrected chi connectivity index (χ1v) is 7.55. The highest BCUT2D eigenvalue weighted by atomic mass is 16.5. The Balaban J connectivity index is 2.63. The van der Waals surface area contributed by atoms with Crippen molar-refractivity contribution in [3.63, 3.8) is 0 Å². The summed E-state index contributed by atoms with van der Waals surface area (Å²) in [7, 11) is 0. The van der Waals surface area contributed by atoms with Crippen LogP contribution >= 0.6 is 0 Å². The normalized spacial score (nSPS) is 10.9. The van der Waals surface area contributed by atoms with E-state index in [1.54, 1.807) is 4.68 Å². The highest BCUT2D eigenvalue weighted by Gasteiger charge is 2.26. The number of carboxylic acid groups (broad SMARTS) is 1. The second-order valence-electron chi connectivity index (χ2n) is 4.95. The van der Waals surface area contributed by atoms with Gasteiger partial charge in [-0.1, -0.05) is 31.2 Å².